The fraction of sp³-hybridized carbons (Fsp3) is 0.300. The molecule has 2 aromatic carbocycles. The molecule has 0 aliphatic carbocycles. The minimum absolute atomic E-state index is 0.00492. The molecule has 2 rings (SSSR count). The van der Waals surface area contributed by atoms with Gasteiger partial charge in [0, 0.05) is 11.3 Å². The lowest BCUT2D eigenvalue weighted by atomic mass is 10.0. The van der Waals surface area contributed by atoms with Gasteiger partial charge in [0.2, 0.25) is 0 Å². The number of carbonyl (C=O) groups is 2. The summed E-state index contributed by atoms with van der Waals surface area (Å²) in [6, 6.07) is 14.4. The van der Waals surface area contributed by atoms with Crippen molar-refractivity contribution in [1.29, 1.82) is 0 Å². The van der Waals surface area contributed by atoms with E-state index in [9.17, 15) is 9.59 Å². The molecule has 0 atom stereocenters. The van der Waals surface area contributed by atoms with Gasteiger partial charge < -0.3 is 15.4 Å². The van der Waals surface area contributed by atoms with Crippen molar-refractivity contribution in [1.82, 2.24) is 5.32 Å². The predicted molar refractivity (Wildman–Crippen MR) is 99.5 cm³/mol. The summed E-state index contributed by atoms with van der Waals surface area (Å²) in [6.07, 6.45) is 0. The zero-order valence-electron chi connectivity index (χ0n) is 14.8. The van der Waals surface area contributed by atoms with Gasteiger partial charge in [-0.3, -0.25) is 4.79 Å². The van der Waals surface area contributed by atoms with Gasteiger partial charge in [-0.05, 0) is 54.8 Å². The quantitative estimate of drug-likeness (QED) is 0.586. The molecule has 2 aromatic rings. The van der Waals surface area contributed by atoms with Crippen LogP contribution in [0.1, 0.15) is 42.6 Å². The SMILES string of the molecule is CC(=O)c1ccc(NC(=O)NCCOc2cccc(C(C)C)c2)cc1. The highest BCUT2D eigenvalue weighted by Gasteiger charge is 2.04. The summed E-state index contributed by atoms with van der Waals surface area (Å²) in [5.74, 6) is 1.24. The number of ketones is 1. The molecule has 0 heterocycles. The van der Waals surface area contributed by atoms with Crippen LogP contribution in [0.5, 0.6) is 5.75 Å². The predicted octanol–water partition coefficient (Wildman–Crippen LogP) is 4.21. The molecule has 0 aliphatic heterocycles. The third kappa shape index (κ3) is 5.95. The largest absolute Gasteiger partial charge is 0.492 e. The average molecular weight is 340 g/mol. The molecule has 0 fully saturated rings. The van der Waals surface area contributed by atoms with Gasteiger partial charge in [0.05, 0.1) is 6.54 Å². The number of carbonyl (C=O) groups excluding carboxylic acids is 2. The van der Waals surface area contributed by atoms with Crippen molar-refractivity contribution in [2.75, 3.05) is 18.5 Å². The van der Waals surface area contributed by atoms with E-state index in [-0.39, 0.29) is 11.8 Å². The highest BCUT2D eigenvalue weighted by Crippen LogP contribution is 2.19. The zero-order valence-corrected chi connectivity index (χ0v) is 14.8. The number of Topliss-reactive ketones (excluding diaryl/α,β-unsaturated/α-hetero) is 1. The molecule has 0 unspecified atom stereocenters. The number of urea groups is 1. The first-order chi connectivity index (χ1) is 12.0. The maximum atomic E-state index is 11.8. The molecule has 25 heavy (non-hydrogen) atoms. The standard InChI is InChI=1S/C20H24N2O3/c1-14(2)17-5-4-6-19(13-17)25-12-11-21-20(24)22-18-9-7-16(8-10-18)15(3)23/h4-10,13-14H,11-12H2,1-3H3,(H2,21,22,24). The summed E-state index contributed by atoms with van der Waals surface area (Å²) in [7, 11) is 0. The van der Waals surface area contributed by atoms with Crippen LogP contribution in [0.3, 0.4) is 0 Å². The van der Waals surface area contributed by atoms with E-state index in [1.54, 1.807) is 24.3 Å². The number of amides is 2. The van der Waals surface area contributed by atoms with Crippen molar-refractivity contribution in [3.05, 3.63) is 59.7 Å². The van der Waals surface area contributed by atoms with Crippen LogP contribution in [0.4, 0.5) is 10.5 Å². The maximum Gasteiger partial charge on any atom is 0.319 e. The fourth-order valence-electron chi connectivity index (χ4n) is 2.26. The Labute approximate surface area is 148 Å². The number of benzene rings is 2. The Morgan fingerprint density at radius 3 is 2.44 bits per heavy atom. The van der Waals surface area contributed by atoms with Gasteiger partial charge in [-0.2, -0.15) is 0 Å². The van der Waals surface area contributed by atoms with Crippen LogP contribution in [0.15, 0.2) is 48.5 Å². The molecular weight excluding hydrogens is 316 g/mol. The van der Waals surface area contributed by atoms with E-state index < -0.39 is 0 Å². The van der Waals surface area contributed by atoms with Gasteiger partial charge in [-0.15, -0.1) is 0 Å². The van der Waals surface area contributed by atoms with Crippen LogP contribution < -0.4 is 15.4 Å². The van der Waals surface area contributed by atoms with E-state index in [1.165, 1.54) is 12.5 Å². The van der Waals surface area contributed by atoms with Gasteiger partial charge in [0.25, 0.3) is 0 Å². The Morgan fingerprint density at radius 1 is 1.08 bits per heavy atom. The lowest BCUT2D eigenvalue weighted by Crippen LogP contribution is -2.32. The topological polar surface area (TPSA) is 67.4 Å². The first kappa shape index (κ1) is 18.5. The first-order valence-electron chi connectivity index (χ1n) is 8.34. The average Bonchev–Trinajstić information content (AvgIpc) is 2.59. The molecule has 5 nitrogen and oxygen atoms in total. The van der Waals surface area contributed by atoms with E-state index in [0.717, 1.165) is 5.75 Å². The number of rotatable bonds is 7. The second-order valence-electron chi connectivity index (χ2n) is 6.09. The number of anilines is 1. The minimum Gasteiger partial charge on any atom is -0.492 e. The number of nitrogens with one attached hydrogen (secondary N) is 2. The molecule has 2 amide bonds. The third-order valence-electron chi connectivity index (χ3n) is 3.73. The van der Waals surface area contributed by atoms with Crippen molar-refractivity contribution in [2.24, 2.45) is 0 Å². The van der Waals surface area contributed by atoms with E-state index in [1.807, 2.05) is 18.2 Å². The van der Waals surface area contributed by atoms with Gasteiger partial charge in [-0.1, -0.05) is 26.0 Å². The molecule has 2 N–H and O–H groups in total. The van der Waals surface area contributed by atoms with E-state index in [0.29, 0.717) is 30.3 Å². The van der Waals surface area contributed by atoms with Crippen molar-refractivity contribution >= 4 is 17.5 Å². The van der Waals surface area contributed by atoms with Crippen molar-refractivity contribution < 1.29 is 14.3 Å². The van der Waals surface area contributed by atoms with Crippen LogP contribution in [0.25, 0.3) is 0 Å². The normalized spacial score (nSPS) is 10.4. The van der Waals surface area contributed by atoms with Crippen LogP contribution >= 0.6 is 0 Å². The van der Waals surface area contributed by atoms with Gasteiger partial charge in [-0.25, -0.2) is 4.79 Å². The monoisotopic (exact) mass is 340 g/mol. The molecule has 0 aromatic heterocycles. The molecule has 0 saturated heterocycles. The van der Waals surface area contributed by atoms with E-state index in [4.69, 9.17) is 4.74 Å². The van der Waals surface area contributed by atoms with Crippen molar-refractivity contribution in [3.8, 4) is 5.75 Å². The summed E-state index contributed by atoms with van der Waals surface area (Å²) >= 11 is 0. The van der Waals surface area contributed by atoms with Crippen LogP contribution in [-0.2, 0) is 0 Å². The maximum absolute atomic E-state index is 11.8. The zero-order chi connectivity index (χ0) is 18.2. The fourth-order valence-corrected chi connectivity index (χ4v) is 2.26. The molecular formula is C20H24N2O3. The lowest BCUT2D eigenvalue weighted by molar-refractivity contribution is 0.101. The molecule has 0 radical (unpaired) electrons. The van der Waals surface area contributed by atoms with Gasteiger partial charge >= 0.3 is 6.03 Å². The Morgan fingerprint density at radius 2 is 1.80 bits per heavy atom. The van der Waals surface area contributed by atoms with Crippen molar-refractivity contribution in [2.45, 2.75) is 26.7 Å². The number of hydrogen-bond donors (Lipinski definition) is 2. The highest BCUT2D eigenvalue weighted by molar-refractivity contribution is 5.95. The van der Waals surface area contributed by atoms with E-state index in [2.05, 4.69) is 30.5 Å². The smallest absolute Gasteiger partial charge is 0.319 e. The Kier molecular flexibility index (Phi) is 6.57. The summed E-state index contributed by atoms with van der Waals surface area (Å²) in [6.45, 7) is 6.55. The lowest BCUT2D eigenvalue weighted by Gasteiger charge is -2.11. The van der Waals surface area contributed by atoms with Gasteiger partial charge in [0.15, 0.2) is 5.78 Å². The molecule has 0 saturated carbocycles. The molecule has 0 spiro atoms. The van der Waals surface area contributed by atoms with Crippen LogP contribution in [0.2, 0.25) is 0 Å². The number of hydrogen-bond acceptors (Lipinski definition) is 3. The Balaban J connectivity index is 1.73. The number of ether oxygens (including phenoxy) is 1. The highest BCUT2D eigenvalue weighted by atomic mass is 16.5. The Bertz CT molecular complexity index is 724. The molecule has 5 heteroatoms. The van der Waals surface area contributed by atoms with E-state index >= 15 is 0 Å². The Hall–Kier alpha value is -2.82. The van der Waals surface area contributed by atoms with Gasteiger partial charge in [0.1, 0.15) is 12.4 Å². The molecule has 132 valence electrons. The molecule has 0 aliphatic rings. The van der Waals surface area contributed by atoms with Crippen LogP contribution in [-0.4, -0.2) is 25.0 Å². The second kappa shape index (κ2) is 8.87. The van der Waals surface area contributed by atoms with Crippen molar-refractivity contribution in [3.63, 3.8) is 0 Å². The summed E-state index contributed by atoms with van der Waals surface area (Å²) < 4.78 is 5.66. The summed E-state index contributed by atoms with van der Waals surface area (Å²) in [5, 5.41) is 5.45. The minimum atomic E-state index is -0.310. The second-order valence-corrected chi connectivity index (χ2v) is 6.09. The summed E-state index contributed by atoms with van der Waals surface area (Å²) in [5.41, 5.74) is 2.47. The third-order valence-corrected chi connectivity index (χ3v) is 3.73. The first-order valence-corrected chi connectivity index (χ1v) is 8.34. The van der Waals surface area contributed by atoms with Crippen LogP contribution in [0, 0.1) is 0 Å². The molecule has 0 bridgehead atoms. The summed E-state index contributed by atoms with van der Waals surface area (Å²) in [4.78, 5) is 23.1.